The fraction of sp³-hybridized carbons (Fsp3) is 0.720. The lowest BCUT2D eigenvalue weighted by Gasteiger charge is -2.18. The predicted molar refractivity (Wildman–Crippen MR) is 353 cm³/mol. The van der Waals surface area contributed by atoms with E-state index in [0.717, 1.165) is 83.5 Å². The second kappa shape index (κ2) is 68.6. The molecule has 0 bridgehead atoms. The van der Waals surface area contributed by atoms with Gasteiger partial charge in [-0.3, -0.25) is 14.4 Å². The third-order valence-corrected chi connectivity index (χ3v) is 14.8. The van der Waals surface area contributed by atoms with Crippen LogP contribution < -0.4 is 0 Å². The summed E-state index contributed by atoms with van der Waals surface area (Å²) in [6.07, 6.45) is 94.2. The lowest BCUT2D eigenvalue weighted by molar-refractivity contribution is -0.166. The molecule has 0 aromatic rings. The zero-order valence-corrected chi connectivity index (χ0v) is 53.3. The molecule has 0 radical (unpaired) electrons. The Balaban J connectivity index is 4.34. The van der Waals surface area contributed by atoms with Gasteiger partial charge in [-0.2, -0.15) is 0 Å². The van der Waals surface area contributed by atoms with Crippen molar-refractivity contribution >= 4 is 17.9 Å². The number of carbonyl (C=O) groups is 3. The van der Waals surface area contributed by atoms with Gasteiger partial charge in [0.05, 0.1) is 6.42 Å². The summed E-state index contributed by atoms with van der Waals surface area (Å²) in [7, 11) is 0. The highest BCUT2D eigenvalue weighted by Gasteiger charge is 2.19. The van der Waals surface area contributed by atoms with E-state index in [1.54, 1.807) is 6.08 Å². The Labute approximate surface area is 501 Å². The van der Waals surface area contributed by atoms with Gasteiger partial charge in [-0.25, -0.2) is 0 Å². The van der Waals surface area contributed by atoms with Crippen LogP contribution in [-0.2, 0) is 28.6 Å². The quantitative estimate of drug-likeness (QED) is 0.0261. The monoisotopic (exact) mass is 1120 g/mol. The van der Waals surface area contributed by atoms with Crippen molar-refractivity contribution in [1.29, 1.82) is 0 Å². The molecule has 0 aliphatic rings. The van der Waals surface area contributed by atoms with Gasteiger partial charge in [0.1, 0.15) is 13.2 Å². The normalized spacial score (nSPS) is 12.8. The van der Waals surface area contributed by atoms with Crippen LogP contribution >= 0.6 is 0 Å². The van der Waals surface area contributed by atoms with Gasteiger partial charge in [-0.15, -0.1) is 0 Å². The van der Waals surface area contributed by atoms with E-state index in [1.807, 2.05) is 6.08 Å². The highest BCUT2D eigenvalue weighted by molar-refractivity contribution is 5.72. The number of esters is 3. The summed E-state index contributed by atoms with van der Waals surface area (Å²) in [6.45, 7) is 6.45. The fourth-order valence-corrected chi connectivity index (χ4v) is 9.64. The van der Waals surface area contributed by atoms with E-state index in [1.165, 1.54) is 205 Å². The van der Waals surface area contributed by atoms with Gasteiger partial charge in [0.25, 0.3) is 0 Å². The van der Waals surface area contributed by atoms with E-state index < -0.39 is 12.1 Å². The molecule has 0 N–H and O–H groups in total. The summed E-state index contributed by atoms with van der Waals surface area (Å²) in [5.41, 5.74) is 0. The average Bonchev–Trinajstić information content (AvgIpc) is 3.47. The van der Waals surface area contributed by atoms with Crippen molar-refractivity contribution in [3.63, 3.8) is 0 Å². The number of hydrogen-bond acceptors (Lipinski definition) is 6. The van der Waals surface area contributed by atoms with Crippen LogP contribution in [0.15, 0.2) is 109 Å². The molecule has 0 heterocycles. The number of carbonyl (C=O) groups excluding carboxylic acids is 3. The van der Waals surface area contributed by atoms with Crippen LogP contribution in [0, 0.1) is 0 Å². The molecule has 0 aliphatic heterocycles. The Morgan fingerprint density at radius 2 is 0.531 bits per heavy atom. The van der Waals surface area contributed by atoms with E-state index in [2.05, 4.69) is 118 Å². The van der Waals surface area contributed by atoms with Crippen molar-refractivity contribution in [2.45, 2.75) is 335 Å². The van der Waals surface area contributed by atoms with Crippen LogP contribution in [0.3, 0.4) is 0 Å². The van der Waals surface area contributed by atoms with Crippen LogP contribution in [0.2, 0.25) is 0 Å². The molecule has 6 heteroatoms. The molecule has 1 atom stereocenters. The van der Waals surface area contributed by atoms with Crippen LogP contribution in [0.1, 0.15) is 329 Å². The molecule has 81 heavy (non-hydrogen) atoms. The SMILES string of the molecule is CC/C=C\C/C=C\C/C=C\C/C=C\C/C=C\CC(=O)OCC(COC(=O)CCCCCCCCCCCCCCCC/C=C\C/C=C\C/C=C\CCCCCCC)OC(=O)CCCCCCCCCCC/C=C\CCCCCCCC. The molecule has 0 saturated carbocycles. The maximum Gasteiger partial charge on any atom is 0.309 e. The number of allylic oxidation sites excluding steroid dienone is 17. The molecule has 1 unspecified atom stereocenters. The zero-order chi connectivity index (χ0) is 58.5. The van der Waals surface area contributed by atoms with Gasteiger partial charge in [0.15, 0.2) is 6.10 Å². The van der Waals surface area contributed by atoms with E-state index >= 15 is 0 Å². The first kappa shape index (κ1) is 77.1. The summed E-state index contributed by atoms with van der Waals surface area (Å²) in [4.78, 5) is 38.3. The smallest absolute Gasteiger partial charge is 0.309 e. The maximum atomic E-state index is 12.9. The summed E-state index contributed by atoms with van der Waals surface area (Å²) in [5, 5.41) is 0. The van der Waals surface area contributed by atoms with Crippen LogP contribution in [0.25, 0.3) is 0 Å². The highest BCUT2D eigenvalue weighted by atomic mass is 16.6. The van der Waals surface area contributed by atoms with E-state index in [0.29, 0.717) is 12.8 Å². The second-order valence-electron chi connectivity index (χ2n) is 22.7. The molecule has 0 spiro atoms. The molecule has 0 aromatic heterocycles. The van der Waals surface area contributed by atoms with E-state index in [9.17, 15) is 14.4 Å². The topological polar surface area (TPSA) is 78.9 Å². The van der Waals surface area contributed by atoms with Gasteiger partial charge in [0.2, 0.25) is 0 Å². The summed E-state index contributed by atoms with van der Waals surface area (Å²) in [6, 6.07) is 0. The molecule has 0 rings (SSSR count). The predicted octanol–water partition coefficient (Wildman–Crippen LogP) is 23.8. The Morgan fingerprint density at radius 1 is 0.272 bits per heavy atom. The van der Waals surface area contributed by atoms with E-state index in [4.69, 9.17) is 14.2 Å². The largest absolute Gasteiger partial charge is 0.462 e. The van der Waals surface area contributed by atoms with Crippen molar-refractivity contribution in [1.82, 2.24) is 0 Å². The second-order valence-corrected chi connectivity index (χ2v) is 22.7. The van der Waals surface area contributed by atoms with Crippen molar-refractivity contribution in [3.05, 3.63) is 109 Å². The van der Waals surface area contributed by atoms with Crippen LogP contribution in [0.5, 0.6) is 0 Å². The summed E-state index contributed by atoms with van der Waals surface area (Å²) >= 11 is 0. The summed E-state index contributed by atoms with van der Waals surface area (Å²) < 4.78 is 16.9. The first-order valence-corrected chi connectivity index (χ1v) is 34.4. The third kappa shape index (κ3) is 66.8. The Morgan fingerprint density at radius 3 is 0.877 bits per heavy atom. The Kier molecular flexibility index (Phi) is 65.2. The van der Waals surface area contributed by atoms with E-state index in [-0.39, 0.29) is 31.6 Å². The molecule has 0 saturated heterocycles. The lowest BCUT2D eigenvalue weighted by Crippen LogP contribution is -2.30. The lowest BCUT2D eigenvalue weighted by atomic mass is 10.0. The number of ether oxygens (including phenoxy) is 3. The zero-order valence-electron chi connectivity index (χ0n) is 53.3. The van der Waals surface area contributed by atoms with Crippen LogP contribution in [0.4, 0.5) is 0 Å². The standard InChI is InChI=1S/C75H128O6/c1-4-7-10-13-16-19-22-25-28-30-32-33-34-35-36-37-38-39-40-41-43-44-47-50-53-56-59-62-65-68-74(77)80-71-72(70-79-73(76)67-64-61-58-55-52-49-46-27-24-21-18-15-12-9-6-3)81-75(78)69-66-63-60-57-54-51-48-45-42-31-29-26-23-20-17-14-11-8-5-2/h9,12,18,21-22,25-27,29-30,32,34-35,46,52,55,61,64,72H,4-8,10-11,13-17,19-20,23-24,28,31,33,36-45,47-51,53-54,56-60,62-63,65-71H2,1-3H3/b12-9-,21-18-,25-22-,29-26-,32-30-,35-34-,46-27-,55-52-,64-61-. The molecular formula is C75H128O6. The molecule has 464 valence electrons. The minimum absolute atomic E-state index is 0.108. The van der Waals surface area contributed by atoms with Gasteiger partial charge in [-0.05, 0) is 109 Å². The van der Waals surface area contributed by atoms with Gasteiger partial charge >= 0.3 is 17.9 Å². The Bertz CT molecular complexity index is 1620. The van der Waals surface area contributed by atoms with Gasteiger partial charge in [-0.1, -0.05) is 310 Å². The fourth-order valence-electron chi connectivity index (χ4n) is 9.64. The highest BCUT2D eigenvalue weighted by Crippen LogP contribution is 2.17. The van der Waals surface area contributed by atoms with Crippen molar-refractivity contribution in [2.24, 2.45) is 0 Å². The van der Waals surface area contributed by atoms with Crippen molar-refractivity contribution in [2.75, 3.05) is 13.2 Å². The molecule has 0 fully saturated rings. The number of rotatable bonds is 62. The minimum Gasteiger partial charge on any atom is -0.462 e. The van der Waals surface area contributed by atoms with Crippen molar-refractivity contribution in [3.8, 4) is 0 Å². The summed E-state index contributed by atoms with van der Waals surface area (Å²) in [5.74, 6) is -1.03. The first-order chi connectivity index (χ1) is 40.0. The van der Waals surface area contributed by atoms with Gasteiger partial charge in [0, 0.05) is 12.8 Å². The molecule has 0 aliphatic carbocycles. The third-order valence-electron chi connectivity index (χ3n) is 14.8. The van der Waals surface area contributed by atoms with Crippen LogP contribution in [-0.4, -0.2) is 37.2 Å². The maximum absolute atomic E-state index is 12.9. The molecular weight excluding hydrogens is 997 g/mol. The number of hydrogen-bond donors (Lipinski definition) is 0. The van der Waals surface area contributed by atoms with Crippen molar-refractivity contribution < 1.29 is 28.6 Å². The molecule has 0 amide bonds. The van der Waals surface area contributed by atoms with Gasteiger partial charge < -0.3 is 14.2 Å². The number of unbranched alkanes of at least 4 members (excludes halogenated alkanes) is 34. The molecule has 6 nitrogen and oxygen atoms in total. The molecule has 0 aromatic carbocycles. The first-order valence-electron chi connectivity index (χ1n) is 34.4. The average molecular weight is 1130 g/mol. The minimum atomic E-state index is -0.822. The Hall–Kier alpha value is -3.93.